The summed E-state index contributed by atoms with van der Waals surface area (Å²) in [6.45, 7) is 2.25. The summed E-state index contributed by atoms with van der Waals surface area (Å²) in [4.78, 5) is 11.0. The smallest absolute Gasteiger partial charge is 0.337 e. The minimum absolute atomic E-state index is 0.170. The van der Waals surface area contributed by atoms with Crippen LogP contribution in [-0.4, -0.2) is 17.1 Å². The molecule has 2 unspecified atom stereocenters. The zero-order valence-corrected chi connectivity index (χ0v) is 10.6. The monoisotopic (exact) mass is 248 g/mol. The van der Waals surface area contributed by atoms with Gasteiger partial charge in [0, 0.05) is 6.04 Å². The van der Waals surface area contributed by atoms with E-state index < -0.39 is 5.97 Å². The summed E-state index contributed by atoms with van der Waals surface area (Å²) < 4.78 is 0. The molecule has 0 saturated heterocycles. The van der Waals surface area contributed by atoms with E-state index in [1.807, 2.05) is 6.07 Å². The normalized spacial score (nSPS) is 23.6. The molecular weight excluding hydrogens is 228 g/mol. The number of anilines is 2. The number of carbonyl (C=O) groups is 1. The Bertz CT molecular complexity index is 445. The lowest BCUT2D eigenvalue weighted by molar-refractivity contribution is 0.0698. The van der Waals surface area contributed by atoms with Crippen LogP contribution in [0.25, 0.3) is 0 Å². The molecule has 0 aliphatic heterocycles. The summed E-state index contributed by atoms with van der Waals surface area (Å²) >= 11 is 0. The van der Waals surface area contributed by atoms with Crippen molar-refractivity contribution in [3.05, 3.63) is 23.8 Å². The van der Waals surface area contributed by atoms with Gasteiger partial charge in [-0.15, -0.1) is 0 Å². The summed E-state index contributed by atoms with van der Waals surface area (Å²) in [6, 6.07) is 5.52. The largest absolute Gasteiger partial charge is 0.478 e. The number of nitrogens with two attached hydrogens (primary N) is 1. The fourth-order valence-corrected chi connectivity index (χ4v) is 2.66. The predicted octanol–water partition coefficient (Wildman–Crippen LogP) is 2.96. The number of aromatic carboxylic acids is 1. The van der Waals surface area contributed by atoms with Crippen molar-refractivity contribution in [3.63, 3.8) is 0 Å². The molecule has 0 radical (unpaired) electrons. The van der Waals surface area contributed by atoms with Gasteiger partial charge in [0.05, 0.1) is 16.9 Å². The van der Waals surface area contributed by atoms with Gasteiger partial charge in [0.15, 0.2) is 0 Å². The van der Waals surface area contributed by atoms with Gasteiger partial charge >= 0.3 is 5.97 Å². The highest BCUT2D eigenvalue weighted by atomic mass is 16.4. The van der Waals surface area contributed by atoms with Gasteiger partial charge in [-0.25, -0.2) is 4.79 Å². The van der Waals surface area contributed by atoms with Gasteiger partial charge in [0.2, 0.25) is 0 Å². The number of nitrogens with one attached hydrogen (secondary N) is 1. The molecule has 0 spiro atoms. The molecule has 2 atom stereocenters. The minimum Gasteiger partial charge on any atom is -0.478 e. The Hall–Kier alpha value is -1.71. The van der Waals surface area contributed by atoms with Crippen molar-refractivity contribution in [1.82, 2.24) is 0 Å². The van der Waals surface area contributed by atoms with E-state index in [1.165, 1.54) is 18.9 Å². The van der Waals surface area contributed by atoms with E-state index in [1.54, 1.807) is 6.07 Å². The Morgan fingerprint density at radius 2 is 2.22 bits per heavy atom. The highest BCUT2D eigenvalue weighted by Gasteiger charge is 2.20. The minimum atomic E-state index is -0.979. The highest BCUT2D eigenvalue weighted by Crippen LogP contribution is 2.29. The van der Waals surface area contributed by atoms with E-state index in [0.717, 1.165) is 24.4 Å². The Balaban J connectivity index is 2.14. The van der Waals surface area contributed by atoms with Crippen molar-refractivity contribution in [2.45, 2.75) is 38.6 Å². The molecule has 1 fully saturated rings. The number of nitrogen functional groups attached to an aromatic ring is 1. The Morgan fingerprint density at radius 3 is 2.89 bits per heavy atom. The lowest BCUT2D eigenvalue weighted by Gasteiger charge is -2.28. The molecule has 18 heavy (non-hydrogen) atoms. The molecule has 1 saturated carbocycles. The zero-order valence-electron chi connectivity index (χ0n) is 10.6. The van der Waals surface area contributed by atoms with Gasteiger partial charge in [-0.05, 0) is 30.9 Å². The van der Waals surface area contributed by atoms with Crippen LogP contribution in [0.4, 0.5) is 11.4 Å². The SMILES string of the molecule is CC1CCCC(Nc2cccc(C(=O)O)c2N)C1. The number of rotatable bonds is 3. The van der Waals surface area contributed by atoms with Crippen molar-refractivity contribution in [1.29, 1.82) is 0 Å². The maximum atomic E-state index is 11.0. The van der Waals surface area contributed by atoms with Crippen LogP contribution < -0.4 is 11.1 Å². The summed E-state index contributed by atoms with van der Waals surface area (Å²) in [6.07, 6.45) is 4.75. The van der Waals surface area contributed by atoms with E-state index in [9.17, 15) is 4.79 Å². The molecule has 0 amide bonds. The van der Waals surface area contributed by atoms with Crippen LogP contribution in [0.5, 0.6) is 0 Å². The highest BCUT2D eigenvalue weighted by molar-refractivity contribution is 5.97. The number of para-hydroxylation sites is 1. The van der Waals surface area contributed by atoms with Crippen molar-refractivity contribution in [2.24, 2.45) is 5.92 Å². The third-order valence-electron chi connectivity index (χ3n) is 3.63. The third kappa shape index (κ3) is 2.75. The molecule has 2 rings (SSSR count). The average Bonchev–Trinajstić information content (AvgIpc) is 2.31. The second-order valence-corrected chi connectivity index (χ2v) is 5.19. The second kappa shape index (κ2) is 5.29. The summed E-state index contributed by atoms with van der Waals surface area (Å²) in [7, 11) is 0. The van der Waals surface area contributed by atoms with Crippen molar-refractivity contribution in [3.8, 4) is 0 Å². The van der Waals surface area contributed by atoms with Crippen LogP contribution in [0, 0.1) is 5.92 Å². The van der Waals surface area contributed by atoms with Gasteiger partial charge in [0.1, 0.15) is 0 Å². The average molecular weight is 248 g/mol. The summed E-state index contributed by atoms with van der Waals surface area (Å²) in [5.41, 5.74) is 7.14. The van der Waals surface area contributed by atoms with Crippen molar-refractivity contribution in [2.75, 3.05) is 11.1 Å². The number of benzene rings is 1. The third-order valence-corrected chi connectivity index (χ3v) is 3.63. The first-order valence-corrected chi connectivity index (χ1v) is 6.46. The topological polar surface area (TPSA) is 75.3 Å². The van der Waals surface area contributed by atoms with Crippen LogP contribution in [0.3, 0.4) is 0 Å². The molecule has 1 aromatic carbocycles. The van der Waals surface area contributed by atoms with Crippen LogP contribution in [0.15, 0.2) is 18.2 Å². The first-order valence-electron chi connectivity index (χ1n) is 6.46. The van der Waals surface area contributed by atoms with Crippen LogP contribution >= 0.6 is 0 Å². The van der Waals surface area contributed by atoms with Gasteiger partial charge in [-0.1, -0.05) is 25.8 Å². The molecule has 98 valence electrons. The molecule has 0 bridgehead atoms. The molecule has 4 nitrogen and oxygen atoms in total. The van der Waals surface area contributed by atoms with E-state index in [-0.39, 0.29) is 5.56 Å². The molecule has 4 N–H and O–H groups in total. The van der Waals surface area contributed by atoms with E-state index in [0.29, 0.717) is 11.7 Å². The van der Waals surface area contributed by atoms with E-state index in [4.69, 9.17) is 10.8 Å². The van der Waals surface area contributed by atoms with E-state index >= 15 is 0 Å². The quantitative estimate of drug-likeness (QED) is 0.719. The van der Waals surface area contributed by atoms with Gasteiger partial charge in [-0.2, -0.15) is 0 Å². The molecule has 0 heterocycles. The standard InChI is InChI=1S/C14H20N2O2/c1-9-4-2-5-10(8-9)16-12-7-3-6-11(13(12)15)14(17)18/h3,6-7,9-10,16H,2,4-5,8,15H2,1H3,(H,17,18). The Labute approximate surface area is 107 Å². The first kappa shape index (κ1) is 12.7. The van der Waals surface area contributed by atoms with Crippen LogP contribution in [0.1, 0.15) is 43.0 Å². The van der Waals surface area contributed by atoms with E-state index in [2.05, 4.69) is 12.2 Å². The maximum absolute atomic E-state index is 11.0. The number of carboxylic acid groups (broad SMARTS) is 1. The molecular formula is C14H20N2O2. The molecule has 1 aromatic rings. The fourth-order valence-electron chi connectivity index (χ4n) is 2.66. The Morgan fingerprint density at radius 1 is 1.44 bits per heavy atom. The summed E-state index contributed by atoms with van der Waals surface area (Å²) in [5.74, 6) is -0.256. The zero-order chi connectivity index (χ0) is 13.1. The number of carboxylic acids is 1. The molecule has 0 aromatic heterocycles. The maximum Gasteiger partial charge on any atom is 0.337 e. The molecule has 1 aliphatic rings. The second-order valence-electron chi connectivity index (χ2n) is 5.19. The number of hydrogen-bond acceptors (Lipinski definition) is 3. The van der Waals surface area contributed by atoms with Crippen molar-refractivity contribution < 1.29 is 9.90 Å². The van der Waals surface area contributed by atoms with Gasteiger partial charge < -0.3 is 16.2 Å². The molecule has 4 heteroatoms. The van der Waals surface area contributed by atoms with Crippen molar-refractivity contribution >= 4 is 17.3 Å². The van der Waals surface area contributed by atoms with Gasteiger partial charge in [-0.3, -0.25) is 0 Å². The number of hydrogen-bond donors (Lipinski definition) is 3. The lowest BCUT2D eigenvalue weighted by atomic mass is 9.87. The fraction of sp³-hybridized carbons (Fsp3) is 0.500. The summed E-state index contributed by atoms with van der Waals surface area (Å²) in [5, 5.41) is 12.4. The molecule has 1 aliphatic carbocycles. The van der Waals surface area contributed by atoms with Crippen LogP contribution in [0.2, 0.25) is 0 Å². The first-order chi connectivity index (χ1) is 8.58. The predicted molar refractivity (Wildman–Crippen MR) is 72.9 cm³/mol. The lowest BCUT2D eigenvalue weighted by Crippen LogP contribution is -2.26. The van der Waals surface area contributed by atoms with Gasteiger partial charge in [0.25, 0.3) is 0 Å². The van der Waals surface area contributed by atoms with Crippen LogP contribution in [-0.2, 0) is 0 Å². The Kier molecular flexibility index (Phi) is 3.75.